The molecule has 4 heterocycles. The Labute approximate surface area is 353 Å². The number of amides is 4. The largest absolute Gasteiger partial charge is 0.507 e. The number of carbonyl (C=O) groups excluding carboxylic acids is 4. The second-order valence-corrected chi connectivity index (χ2v) is 18.1. The number of phenolic OH excluding ortho intramolecular Hbond substituents is 1. The van der Waals surface area contributed by atoms with Gasteiger partial charge in [0.2, 0.25) is 23.6 Å². The number of alkyl halides is 6. The van der Waals surface area contributed by atoms with Crippen molar-refractivity contribution < 1.29 is 50.6 Å². The van der Waals surface area contributed by atoms with Gasteiger partial charge in [0.05, 0.1) is 44.9 Å². The average molecular weight is 881 g/mol. The Morgan fingerprint density at radius 1 is 0.836 bits per heavy atom. The summed E-state index contributed by atoms with van der Waals surface area (Å²) in [4.78, 5) is 61.0. The zero-order valence-corrected chi connectivity index (χ0v) is 34.6. The third-order valence-electron chi connectivity index (χ3n) is 13.2. The number of fused-ring (bicyclic) bond motifs is 5. The van der Waals surface area contributed by atoms with Crippen LogP contribution in [0.5, 0.6) is 5.75 Å². The van der Waals surface area contributed by atoms with Crippen molar-refractivity contribution in [1.29, 1.82) is 0 Å². The SMILES string of the molecule is Cc1cc(C2C3=CCC4C(=O)N(c5cc(C(F)(F)F)cc(C(F)(F)F)c5)C(=O)C4C3CC3C(=O)N(c4cc(-c5sc6ccc(Cl)cc6c5C)nn4C)C(=O)C32C)cc(C)c1O. The first-order valence-corrected chi connectivity index (χ1v) is 20.5. The molecule has 61 heavy (non-hydrogen) atoms. The molecule has 2 aliphatic heterocycles. The van der Waals surface area contributed by atoms with E-state index in [0.29, 0.717) is 50.0 Å². The fraction of sp³-hybridized carbons (Fsp3) is 0.341. The van der Waals surface area contributed by atoms with E-state index in [1.807, 2.05) is 19.1 Å². The van der Waals surface area contributed by atoms with Gasteiger partial charge in [-0.3, -0.25) is 23.9 Å². The second-order valence-electron chi connectivity index (χ2n) is 16.6. The van der Waals surface area contributed by atoms with Gasteiger partial charge >= 0.3 is 12.4 Å². The van der Waals surface area contributed by atoms with Crippen molar-refractivity contribution in [3.8, 4) is 16.3 Å². The van der Waals surface area contributed by atoms with E-state index in [1.54, 1.807) is 58.2 Å². The zero-order chi connectivity index (χ0) is 44.0. The first-order valence-electron chi connectivity index (χ1n) is 19.3. The third-order valence-corrected chi connectivity index (χ3v) is 14.7. The monoisotopic (exact) mass is 880 g/mol. The van der Waals surface area contributed by atoms with Gasteiger partial charge in [-0.2, -0.15) is 31.4 Å². The number of benzene rings is 3. The minimum absolute atomic E-state index is 0.0127. The van der Waals surface area contributed by atoms with E-state index < -0.39 is 87.8 Å². The molecule has 6 unspecified atom stereocenters. The van der Waals surface area contributed by atoms with Crippen molar-refractivity contribution in [2.24, 2.45) is 36.1 Å². The summed E-state index contributed by atoms with van der Waals surface area (Å²) in [5, 5.41) is 17.0. The number of allylic oxidation sites excluding steroid dienone is 2. The highest BCUT2D eigenvalue weighted by Gasteiger charge is 2.68. The summed E-state index contributed by atoms with van der Waals surface area (Å²) < 4.78 is 86.0. The lowest BCUT2D eigenvalue weighted by atomic mass is 9.51. The smallest absolute Gasteiger partial charge is 0.416 e. The molecule has 9 rings (SSSR count). The molecule has 2 aromatic heterocycles. The quantitative estimate of drug-likeness (QED) is 0.109. The normalized spacial score (nSPS) is 25.4. The third kappa shape index (κ3) is 5.98. The van der Waals surface area contributed by atoms with Gasteiger partial charge in [-0.05, 0) is 110 Å². The van der Waals surface area contributed by atoms with Gasteiger partial charge in [-0.1, -0.05) is 35.4 Å². The lowest BCUT2D eigenvalue weighted by Crippen LogP contribution is -2.49. The standard InChI is InChI=1S/C44H35ClF6N4O5S/c1-18-10-21(11-19(2)36(18)56)35-26-7-8-27-34(40(59)54(38(27)57)25-13-22(43(46,47)48)12-23(14-25)44(49,50)51)29(26)16-30-39(58)55(41(60)42(30,35)4)33-17-31(52-53(33)5)37-20(3)28-15-24(45)6-9-32(28)61-37/h6-7,9-15,17,27,29-30,34-35,56H,8,16H2,1-5H3. The van der Waals surface area contributed by atoms with Crippen molar-refractivity contribution >= 4 is 68.2 Å². The predicted octanol–water partition coefficient (Wildman–Crippen LogP) is 10.1. The highest BCUT2D eigenvalue weighted by molar-refractivity contribution is 7.22. The number of halogens is 7. The van der Waals surface area contributed by atoms with Gasteiger partial charge in [0.1, 0.15) is 17.3 Å². The van der Waals surface area contributed by atoms with Gasteiger partial charge in [0.15, 0.2) is 0 Å². The van der Waals surface area contributed by atoms with Crippen molar-refractivity contribution in [2.75, 3.05) is 9.80 Å². The molecule has 4 amide bonds. The molecule has 6 atom stereocenters. The van der Waals surface area contributed by atoms with Crippen molar-refractivity contribution in [3.05, 3.63) is 105 Å². The van der Waals surface area contributed by atoms with E-state index in [9.17, 15) is 45.8 Å². The first kappa shape index (κ1) is 40.9. The van der Waals surface area contributed by atoms with Crippen LogP contribution in [0.2, 0.25) is 5.02 Å². The summed E-state index contributed by atoms with van der Waals surface area (Å²) >= 11 is 7.76. The summed E-state index contributed by atoms with van der Waals surface area (Å²) in [5.74, 6) is -8.27. The maximum Gasteiger partial charge on any atom is 0.416 e. The van der Waals surface area contributed by atoms with Crippen LogP contribution in [-0.4, -0.2) is 38.5 Å². The summed E-state index contributed by atoms with van der Waals surface area (Å²) in [6.07, 6.45) is -8.97. The van der Waals surface area contributed by atoms with Crippen LogP contribution in [0.4, 0.5) is 37.8 Å². The Bertz CT molecular complexity index is 2770. The second kappa shape index (κ2) is 13.5. The number of rotatable bonds is 4. The van der Waals surface area contributed by atoms with Crippen LogP contribution < -0.4 is 9.80 Å². The summed E-state index contributed by atoms with van der Waals surface area (Å²) in [5.41, 5.74) is -2.28. The molecule has 3 fully saturated rings. The average Bonchev–Trinajstić information content (AvgIpc) is 3.85. The topological polar surface area (TPSA) is 113 Å². The van der Waals surface area contributed by atoms with Gasteiger partial charge < -0.3 is 5.11 Å². The fourth-order valence-corrected chi connectivity index (χ4v) is 11.6. The van der Waals surface area contributed by atoms with E-state index >= 15 is 4.79 Å². The molecule has 2 aliphatic carbocycles. The molecule has 17 heteroatoms. The number of hydrogen-bond acceptors (Lipinski definition) is 7. The molecule has 0 radical (unpaired) electrons. The molecular formula is C44H35ClF6N4O5S. The van der Waals surface area contributed by atoms with E-state index in [2.05, 4.69) is 0 Å². The number of imide groups is 2. The minimum atomic E-state index is -5.23. The Morgan fingerprint density at radius 2 is 1.48 bits per heavy atom. The van der Waals surface area contributed by atoms with Crippen LogP contribution in [-0.2, 0) is 38.6 Å². The number of anilines is 2. The van der Waals surface area contributed by atoms with Crippen LogP contribution >= 0.6 is 22.9 Å². The molecule has 2 saturated heterocycles. The number of nitrogens with zero attached hydrogens (tertiary/aromatic N) is 4. The number of aromatic nitrogens is 2. The number of phenols is 1. The molecular weight excluding hydrogens is 846 g/mol. The Kier molecular flexibility index (Phi) is 9.06. The van der Waals surface area contributed by atoms with Crippen molar-refractivity contribution in [3.63, 3.8) is 0 Å². The number of carbonyl (C=O) groups is 4. The lowest BCUT2D eigenvalue weighted by molar-refractivity contribution is -0.143. The van der Waals surface area contributed by atoms with Crippen molar-refractivity contribution in [2.45, 2.75) is 58.8 Å². The van der Waals surface area contributed by atoms with E-state index in [4.69, 9.17) is 16.7 Å². The molecule has 1 N–H and O–H groups in total. The molecule has 4 aliphatic rings. The highest BCUT2D eigenvalue weighted by atomic mass is 35.5. The Hall–Kier alpha value is -5.48. The minimum Gasteiger partial charge on any atom is -0.507 e. The van der Waals surface area contributed by atoms with Crippen LogP contribution in [0, 0.1) is 49.9 Å². The molecule has 1 saturated carbocycles. The maximum absolute atomic E-state index is 15.2. The molecule has 0 bridgehead atoms. The first-order chi connectivity index (χ1) is 28.5. The van der Waals surface area contributed by atoms with Crippen LogP contribution in [0.1, 0.15) is 59.1 Å². The van der Waals surface area contributed by atoms with E-state index in [0.717, 1.165) is 25.4 Å². The van der Waals surface area contributed by atoms with Crippen LogP contribution in [0.3, 0.4) is 0 Å². The van der Waals surface area contributed by atoms with Gasteiger partial charge in [-0.25, -0.2) is 9.80 Å². The summed E-state index contributed by atoms with van der Waals surface area (Å²) in [6, 6.07) is 11.2. The molecule has 5 aromatic rings. The van der Waals surface area contributed by atoms with Crippen LogP contribution in [0.25, 0.3) is 20.7 Å². The molecule has 0 spiro atoms. The maximum atomic E-state index is 15.2. The Morgan fingerprint density at radius 3 is 2.10 bits per heavy atom. The van der Waals surface area contributed by atoms with Gasteiger partial charge in [0.25, 0.3) is 0 Å². The lowest BCUT2D eigenvalue weighted by Gasteiger charge is -2.49. The highest BCUT2D eigenvalue weighted by Crippen LogP contribution is 2.64. The van der Waals surface area contributed by atoms with Gasteiger partial charge in [-0.15, -0.1) is 11.3 Å². The summed E-state index contributed by atoms with van der Waals surface area (Å²) in [6.45, 7) is 6.95. The molecule has 3 aromatic carbocycles. The van der Waals surface area contributed by atoms with E-state index in [1.165, 1.54) is 16.0 Å². The van der Waals surface area contributed by atoms with Crippen LogP contribution in [0.15, 0.2) is 66.2 Å². The summed E-state index contributed by atoms with van der Waals surface area (Å²) in [7, 11) is 1.61. The fourth-order valence-electron chi connectivity index (χ4n) is 10.3. The molecule has 316 valence electrons. The number of aromatic hydroxyl groups is 1. The zero-order valence-electron chi connectivity index (χ0n) is 33.0. The number of thiophene rings is 1. The Balaban J connectivity index is 1.16. The number of aryl methyl sites for hydroxylation is 4. The van der Waals surface area contributed by atoms with Crippen molar-refractivity contribution in [1.82, 2.24) is 9.78 Å². The van der Waals surface area contributed by atoms with E-state index in [-0.39, 0.29) is 30.5 Å². The predicted molar refractivity (Wildman–Crippen MR) is 215 cm³/mol. The molecule has 9 nitrogen and oxygen atoms in total. The van der Waals surface area contributed by atoms with Gasteiger partial charge in [0, 0.05) is 28.8 Å². The number of hydrogen-bond donors (Lipinski definition) is 1.